The number of halogens is 2. The molecule has 0 unspecified atom stereocenters. The number of nitrogens with one attached hydrogen (secondary N) is 1. The minimum atomic E-state index is -0.458. The third-order valence-electron chi connectivity index (χ3n) is 5.00. The van der Waals surface area contributed by atoms with Crippen molar-refractivity contribution in [3.8, 4) is 17.1 Å². The molecule has 1 aromatic heterocycles. The highest BCUT2D eigenvalue weighted by Crippen LogP contribution is 2.27. The van der Waals surface area contributed by atoms with E-state index in [0.717, 1.165) is 22.4 Å². The Morgan fingerprint density at radius 2 is 1.74 bits per heavy atom. The van der Waals surface area contributed by atoms with Crippen LogP contribution < -0.4 is 5.32 Å². The monoisotopic (exact) mass is 450 g/mol. The molecular formula is C24H20Cl2N4O. The first-order valence-electron chi connectivity index (χ1n) is 9.70. The summed E-state index contributed by atoms with van der Waals surface area (Å²) in [6, 6.07) is 18.8. The van der Waals surface area contributed by atoms with E-state index in [1.165, 1.54) is 5.56 Å². The van der Waals surface area contributed by atoms with Crippen LogP contribution in [0.25, 0.3) is 17.1 Å². The van der Waals surface area contributed by atoms with Crippen molar-refractivity contribution in [2.45, 2.75) is 20.8 Å². The van der Waals surface area contributed by atoms with Crippen LogP contribution in [0.4, 0.5) is 5.69 Å². The lowest BCUT2D eigenvalue weighted by Crippen LogP contribution is -2.14. The van der Waals surface area contributed by atoms with Crippen molar-refractivity contribution in [2.75, 3.05) is 5.32 Å². The van der Waals surface area contributed by atoms with E-state index >= 15 is 0 Å². The molecule has 1 N–H and O–H groups in total. The lowest BCUT2D eigenvalue weighted by Gasteiger charge is -2.09. The number of benzene rings is 3. The lowest BCUT2D eigenvalue weighted by atomic mass is 10.1. The number of hydrogen-bond donors (Lipinski definition) is 1. The molecular weight excluding hydrogens is 431 g/mol. The highest BCUT2D eigenvalue weighted by Gasteiger charge is 2.20. The van der Waals surface area contributed by atoms with Crippen LogP contribution in [0.1, 0.15) is 27.3 Å². The molecule has 3 aromatic carbocycles. The molecule has 0 aliphatic carbocycles. The highest BCUT2D eigenvalue weighted by atomic mass is 35.5. The molecule has 0 spiro atoms. The SMILES string of the molecule is Cc1cccc(-c2nc(C(=O)Nc3ccc(Cl)cc3Cl)nn2-c2ccc(C)c(C)c2)c1. The van der Waals surface area contributed by atoms with Gasteiger partial charge < -0.3 is 5.32 Å². The fourth-order valence-electron chi connectivity index (χ4n) is 3.19. The predicted octanol–water partition coefficient (Wildman–Crippen LogP) is 6.42. The van der Waals surface area contributed by atoms with E-state index < -0.39 is 5.91 Å². The summed E-state index contributed by atoms with van der Waals surface area (Å²) in [4.78, 5) is 17.5. The van der Waals surface area contributed by atoms with Crippen molar-refractivity contribution >= 4 is 34.8 Å². The minimum absolute atomic E-state index is 0.0424. The summed E-state index contributed by atoms with van der Waals surface area (Å²) in [6.07, 6.45) is 0. The molecule has 0 atom stereocenters. The Hall–Kier alpha value is -3.15. The van der Waals surface area contributed by atoms with Crippen LogP contribution in [0.2, 0.25) is 10.0 Å². The second-order valence-electron chi connectivity index (χ2n) is 7.39. The molecule has 0 saturated heterocycles. The molecule has 1 amide bonds. The zero-order chi connectivity index (χ0) is 22.1. The highest BCUT2D eigenvalue weighted by molar-refractivity contribution is 6.36. The molecule has 0 fully saturated rings. The number of aromatic nitrogens is 3. The third kappa shape index (κ3) is 4.48. The van der Waals surface area contributed by atoms with Gasteiger partial charge in [-0.3, -0.25) is 4.79 Å². The number of carbonyl (C=O) groups is 1. The first-order valence-corrected chi connectivity index (χ1v) is 10.5. The van der Waals surface area contributed by atoms with E-state index in [1.807, 2.05) is 56.3 Å². The molecule has 0 aliphatic rings. The maximum atomic E-state index is 12.9. The van der Waals surface area contributed by atoms with Gasteiger partial charge in [-0.15, -0.1) is 5.10 Å². The van der Waals surface area contributed by atoms with Gasteiger partial charge in [0.2, 0.25) is 5.82 Å². The summed E-state index contributed by atoms with van der Waals surface area (Å²) in [6.45, 7) is 6.10. The molecule has 1 heterocycles. The van der Waals surface area contributed by atoms with Crippen LogP contribution in [0.5, 0.6) is 0 Å². The van der Waals surface area contributed by atoms with E-state index in [9.17, 15) is 4.79 Å². The predicted molar refractivity (Wildman–Crippen MR) is 125 cm³/mol. The van der Waals surface area contributed by atoms with Crippen molar-refractivity contribution < 1.29 is 4.79 Å². The standard InChI is InChI=1S/C24H20Cl2N4O/c1-14-5-4-6-17(11-14)23-28-22(24(31)27-21-10-8-18(25)13-20(21)26)29-30(23)19-9-7-15(2)16(3)12-19/h4-13H,1-3H3,(H,27,31). The average molecular weight is 451 g/mol. The van der Waals surface area contributed by atoms with Gasteiger partial charge in [-0.2, -0.15) is 0 Å². The van der Waals surface area contributed by atoms with E-state index in [-0.39, 0.29) is 5.82 Å². The summed E-state index contributed by atoms with van der Waals surface area (Å²) in [5, 5.41) is 8.12. The van der Waals surface area contributed by atoms with Gasteiger partial charge in [0.05, 0.1) is 16.4 Å². The quantitative estimate of drug-likeness (QED) is 0.390. The number of aryl methyl sites for hydroxylation is 3. The van der Waals surface area contributed by atoms with Crippen LogP contribution >= 0.6 is 23.2 Å². The summed E-state index contributed by atoms with van der Waals surface area (Å²) in [5.74, 6) is 0.167. The molecule has 0 bridgehead atoms. The Balaban J connectivity index is 1.78. The van der Waals surface area contributed by atoms with E-state index in [0.29, 0.717) is 21.6 Å². The topological polar surface area (TPSA) is 59.8 Å². The fraction of sp³-hybridized carbons (Fsp3) is 0.125. The van der Waals surface area contributed by atoms with Gasteiger partial charge in [0.1, 0.15) is 0 Å². The van der Waals surface area contributed by atoms with Crippen molar-refractivity contribution in [3.05, 3.63) is 93.2 Å². The van der Waals surface area contributed by atoms with E-state index in [2.05, 4.69) is 22.3 Å². The number of hydrogen-bond acceptors (Lipinski definition) is 3. The summed E-state index contributed by atoms with van der Waals surface area (Å²) >= 11 is 12.1. The second-order valence-corrected chi connectivity index (χ2v) is 8.23. The number of nitrogens with zero attached hydrogens (tertiary/aromatic N) is 3. The summed E-state index contributed by atoms with van der Waals surface area (Å²) < 4.78 is 1.69. The Morgan fingerprint density at radius 1 is 0.935 bits per heavy atom. The van der Waals surface area contributed by atoms with Gasteiger partial charge in [0, 0.05) is 10.6 Å². The van der Waals surface area contributed by atoms with E-state index in [1.54, 1.807) is 22.9 Å². The molecule has 5 nitrogen and oxygen atoms in total. The van der Waals surface area contributed by atoms with E-state index in [4.69, 9.17) is 23.2 Å². The zero-order valence-corrected chi connectivity index (χ0v) is 18.8. The van der Waals surface area contributed by atoms with Crippen LogP contribution in [-0.4, -0.2) is 20.7 Å². The van der Waals surface area contributed by atoms with Crippen LogP contribution in [0, 0.1) is 20.8 Å². The molecule has 156 valence electrons. The van der Waals surface area contributed by atoms with Gasteiger partial charge >= 0.3 is 0 Å². The number of rotatable bonds is 4. The molecule has 0 radical (unpaired) electrons. The molecule has 31 heavy (non-hydrogen) atoms. The van der Waals surface area contributed by atoms with Crippen LogP contribution in [0.15, 0.2) is 60.7 Å². The average Bonchev–Trinajstić information content (AvgIpc) is 3.18. The maximum absolute atomic E-state index is 12.9. The van der Waals surface area contributed by atoms with Crippen LogP contribution in [0.3, 0.4) is 0 Å². The Labute approximate surface area is 190 Å². The molecule has 0 saturated carbocycles. The third-order valence-corrected chi connectivity index (χ3v) is 5.55. The van der Waals surface area contributed by atoms with Gasteiger partial charge in [-0.25, -0.2) is 9.67 Å². The Kier molecular flexibility index (Phi) is 5.81. The fourth-order valence-corrected chi connectivity index (χ4v) is 3.64. The maximum Gasteiger partial charge on any atom is 0.295 e. The van der Waals surface area contributed by atoms with Crippen LogP contribution in [-0.2, 0) is 0 Å². The Morgan fingerprint density at radius 3 is 2.45 bits per heavy atom. The van der Waals surface area contributed by atoms with Gasteiger partial charge in [0.15, 0.2) is 5.82 Å². The first-order chi connectivity index (χ1) is 14.8. The number of amides is 1. The smallest absolute Gasteiger partial charge is 0.295 e. The molecule has 0 aliphatic heterocycles. The largest absolute Gasteiger partial charge is 0.318 e. The van der Waals surface area contributed by atoms with Crippen molar-refractivity contribution in [1.82, 2.24) is 14.8 Å². The minimum Gasteiger partial charge on any atom is -0.318 e. The normalized spacial score (nSPS) is 10.9. The number of carbonyl (C=O) groups excluding carboxylic acids is 1. The second kappa shape index (κ2) is 8.53. The summed E-state index contributed by atoms with van der Waals surface area (Å²) in [7, 11) is 0. The Bertz CT molecular complexity index is 1300. The molecule has 4 rings (SSSR count). The van der Waals surface area contributed by atoms with Crippen molar-refractivity contribution in [3.63, 3.8) is 0 Å². The van der Waals surface area contributed by atoms with Crippen molar-refractivity contribution in [2.24, 2.45) is 0 Å². The molecule has 7 heteroatoms. The van der Waals surface area contributed by atoms with Gasteiger partial charge in [-0.1, -0.05) is 53.0 Å². The molecule has 4 aromatic rings. The van der Waals surface area contributed by atoms with Gasteiger partial charge in [-0.05, 0) is 68.3 Å². The van der Waals surface area contributed by atoms with Gasteiger partial charge in [0.25, 0.3) is 5.91 Å². The first kappa shape index (κ1) is 21.1. The lowest BCUT2D eigenvalue weighted by molar-refractivity contribution is 0.101. The number of anilines is 1. The van der Waals surface area contributed by atoms with Crippen molar-refractivity contribution in [1.29, 1.82) is 0 Å². The summed E-state index contributed by atoms with van der Waals surface area (Å²) in [5.41, 5.74) is 5.53. The zero-order valence-electron chi connectivity index (χ0n) is 17.3.